The highest BCUT2D eigenvalue weighted by Crippen LogP contribution is 2.35. The molecule has 2 unspecified atom stereocenters. The molecule has 116 valence electrons. The summed E-state index contributed by atoms with van der Waals surface area (Å²) in [6, 6.07) is -0.519. The number of hydrogen-bond acceptors (Lipinski definition) is 8. The molecule has 9 heteroatoms. The number of nitrogens with two attached hydrogens (primary N) is 1. The zero-order valence-electron chi connectivity index (χ0n) is 11.6. The lowest BCUT2D eigenvalue weighted by Crippen LogP contribution is -2.66. The molecule has 0 bridgehead atoms. The van der Waals surface area contributed by atoms with Crippen LogP contribution >= 0.6 is 11.8 Å². The van der Waals surface area contributed by atoms with E-state index < -0.39 is 24.5 Å². The molecule has 1 saturated heterocycles. The van der Waals surface area contributed by atoms with Gasteiger partial charge < -0.3 is 24.8 Å². The van der Waals surface area contributed by atoms with Gasteiger partial charge in [0.05, 0.1) is 12.2 Å². The average molecular weight is 316 g/mol. The van der Waals surface area contributed by atoms with E-state index in [9.17, 15) is 14.4 Å². The number of amides is 1. The Morgan fingerprint density at radius 2 is 2.24 bits per heavy atom. The molecule has 0 aromatic heterocycles. The van der Waals surface area contributed by atoms with Gasteiger partial charge in [0.1, 0.15) is 11.4 Å². The molecule has 0 aromatic rings. The third-order valence-corrected chi connectivity index (χ3v) is 4.22. The van der Waals surface area contributed by atoms with Gasteiger partial charge in [-0.05, 0) is 6.92 Å². The molecule has 1 amide bonds. The van der Waals surface area contributed by atoms with Crippen molar-refractivity contribution in [3.63, 3.8) is 0 Å². The number of carbonyl (C=O) groups excluding carboxylic acids is 3. The Morgan fingerprint density at radius 1 is 1.52 bits per heavy atom. The Kier molecular flexibility index (Phi) is 4.73. The van der Waals surface area contributed by atoms with Crippen LogP contribution in [-0.2, 0) is 23.8 Å². The number of β-lactam (4-membered cyclic amide) rings is 1. The molecular weight excluding hydrogens is 300 g/mol. The lowest BCUT2D eigenvalue weighted by atomic mass is 10.1. The minimum absolute atomic E-state index is 0.123. The van der Waals surface area contributed by atoms with Crippen LogP contribution in [0.2, 0.25) is 0 Å². The molecule has 2 aliphatic rings. The number of carbonyl (C=O) groups is 3. The number of thioether (sulfide) groups is 1. The summed E-state index contributed by atoms with van der Waals surface area (Å²) in [5.41, 5.74) is 5.95. The van der Waals surface area contributed by atoms with E-state index in [-0.39, 0.29) is 17.9 Å². The Hall–Kier alpha value is -1.74. The average Bonchev–Trinajstić information content (AvgIpc) is 2.45. The van der Waals surface area contributed by atoms with E-state index >= 15 is 0 Å². The predicted molar refractivity (Wildman–Crippen MR) is 72.8 cm³/mol. The first-order valence-corrected chi connectivity index (χ1v) is 7.43. The third-order valence-electron chi connectivity index (χ3n) is 2.89. The smallest absolute Gasteiger partial charge is 0.435 e. The monoisotopic (exact) mass is 316 g/mol. The second-order valence-corrected chi connectivity index (χ2v) is 5.51. The maximum Gasteiger partial charge on any atom is 0.511 e. The summed E-state index contributed by atoms with van der Waals surface area (Å²) in [4.78, 5) is 35.9. The molecule has 1 fully saturated rings. The fourth-order valence-corrected chi connectivity index (χ4v) is 3.05. The summed E-state index contributed by atoms with van der Waals surface area (Å²) in [7, 11) is 0. The summed E-state index contributed by atoms with van der Waals surface area (Å²) in [5, 5.41) is -0.123. The van der Waals surface area contributed by atoms with Crippen molar-refractivity contribution in [2.24, 2.45) is 5.73 Å². The van der Waals surface area contributed by atoms with Crippen LogP contribution in [0.1, 0.15) is 13.8 Å². The predicted octanol–water partition coefficient (Wildman–Crippen LogP) is 0.175. The van der Waals surface area contributed by atoms with Gasteiger partial charge in [-0.25, -0.2) is 9.59 Å². The molecule has 0 spiro atoms. The molecule has 0 radical (unpaired) electrons. The van der Waals surface area contributed by atoms with Gasteiger partial charge in [0.25, 0.3) is 0 Å². The third kappa shape index (κ3) is 3.30. The zero-order valence-corrected chi connectivity index (χ0v) is 12.4. The lowest BCUT2D eigenvalue weighted by Gasteiger charge is -2.45. The van der Waals surface area contributed by atoms with Crippen molar-refractivity contribution in [2.45, 2.75) is 31.6 Å². The maximum atomic E-state index is 11.9. The van der Waals surface area contributed by atoms with E-state index in [0.29, 0.717) is 11.3 Å². The molecule has 0 aliphatic carbocycles. The van der Waals surface area contributed by atoms with Gasteiger partial charge in [-0.15, -0.1) is 11.8 Å². The second kappa shape index (κ2) is 6.35. The molecule has 2 heterocycles. The Balaban J connectivity index is 1.88. The van der Waals surface area contributed by atoms with Crippen molar-refractivity contribution in [1.29, 1.82) is 0 Å². The number of rotatable bonds is 4. The van der Waals surface area contributed by atoms with Crippen molar-refractivity contribution in [3.8, 4) is 0 Å². The van der Waals surface area contributed by atoms with Crippen molar-refractivity contribution >= 4 is 29.8 Å². The summed E-state index contributed by atoms with van der Waals surface area (Å²) in [6.45, 7) is 3.20. The second-order valence-electron chi connectivity index (χ2n) is 4.40. The fraction of sp³-hybridized carbons (Fsp3) is 0.583. The van der Waals surface area contributed by atoms with Gasteiger partial charge in [0.15, 0.2) is 0 Å². The first-order valence-electron chi connectivity index (χ1n) is 6.38. The van der Waals surface area contributed by atoms with Gasteiger partial charge in [0.2, 0.25) is 12.2 Å². The summed E-state index contributed by atoms with van der Waals surface area (Å²) in [5.74, 6) is -0.494. The standard InChI is InChI=1S/C12H16N2O6S/c1-3-18-12(17)20-6(2)19-11(16)7-4-14-9(15)8(13)10(14)21-5-7/h4,6,8,10H,3,5,13H2,1-2H3/t6?,8?,10-/m1/s1. The lowest BCUT2D eigenvalue weighted by molar-refractivity contribution is -0.163. The largest absolute Gasteiger partial charge is 0.511 e. The summed E-state index contributed by atoms with van der Waals surface area (Å²) in [6.07, 6.45) is -0.546. The topological polar surface area (TPSA) is 108 Å². The molecular formula is C12H16N2O6S. The number of ether oxygens (including phenoxy) is 3. The van der Waals surface area contributed by atoms with E-state index in [2.05, 4.69) is 4.74 Å². The highest BCUT2D eigenvalue weighted by Gasteiger charge is 2.47. The molecule has 2 aliphatic heterocycles. The minimum atomic E-state index is -1.07. The Labute approximate surface area is 125 Å². The SMILES string of the molecule is CCOC(=O)OC(C)OC(=O)C1=CN2C(=O)C(N)[C@H]2SC1. The first kappa shape index (κ1) is 15.6. The summed E-state index contributed by atoms with van der Waals surface area (Å²) >= 11 is 1.39. The highest BCUT2D eigenvalue weighted by atomic mass is 32.2. The van der Waals surface area contributed by atoms with E-state index in [1.165, 1.54) is 29.8 Å². The number of fused-ring (bicyclic) bond motifs is 1. The van der Waals surface area contributed by atoms with Gasteiger partial charge in [0, 0.05) is 18.9 Å². The van der Waals surface area contributed by atoms with Crippen LogP contribution in [-0.4, -0.2) is 53.0 Å². The number of nitrogens with zero attached hydrogens (tertiary/aromatic N) is 1. The van der Waals surface area contributed by atoms with Crippen LogP contribution < -0.4 is 5.73 Å². The minimum Gasteiger partial charge on any atom is -0.435 e. The van der Waals surface area contributed by atoms with E-state index in [4.69, 9.17) is 15.2 Å². The normalized spacial score (nSPS) is 25.2. The van der Waals surface area contributed by atoms with Crippen LogP contribution in [0.3, 0.4) is 0 Å². The summed E-state index contributed by atoms with van der Waals surface area (Å²) < 4.78 is 14.2. The van der Waals surface area contributed by atoms with E-state index in [1.54, 1.807) is 6.92 Å². The van der Waals surface area contributed by atoms with Gasteiger partial charge in [-0.1, -0.05) is 0 Å². The molecule has 2 rings (SSSR count). The quantitative estimate of drug-likeness (QED) is 0.444. The first-order chi connectivity index (χ1) is 9.93. The van der Waals surface area contributed by atoms with Gasteiger partial charge in [-0.2, -0.15) is 0 Å². The van der Waals surface area contributed by atoms with Crippen LogP contribution in [0.4, 0.5) is 4.79 Å². The van der Waals surface area contributed by atoms with Crippen LogP contribution in [0.15, 0.2) is 11.8 Å². The van der Waals surface area contributed by atoms with Gasteiger partial charge >= 0.3 is 12.1 Å². The maximum absolute atomic E-state index is 11.9. The Morgan fingerprint density at radius 3 is 2.90 bits per heavy atom. The number of esters is 1. The van der Waals surface area contributed by atoms with Crippen LogP contribution in [0, 0.1) is 0 Å². The molecule has 0 aromatic carbocycles. The van der Waals surface area contributed by atoms with E-state index in [0.717, 1.165) is 0 Å². The van der Waals surface area contributed by atoms with Gasteiger partial charge in [-0.3, -0.25) is 4.79 Å². The highest BCUT2D eigenvalue weighted by molar-refractivity contribution is 8.00. The van der Waals surface area contributed by atoms with Crippen LogP contribution in [0.25, 0.3) is 0 Å². The molecule has 8 nitrogen and oxygen atoms in total. The molecule has 3 atom stereocenters. The van der Waals surface area contributed by atoms with Crippen molar-refractivity contribution in [2.75, 3.05) is 12.4 Å². The van der Waals surface area contributed by atoms with Crippen molar-refractivity contribution in [1.82, 2.24) is 4.90 Å². The molecule has 2 N–H and O–H groups in total. The Bertz CT molecular complexity index is 494. The van der Waals surface area contributed by atoms with Crippen LogP contribution in [0.5, 0.6) is 0 Å². The molecule has 21 heavy (non-hydrogen) atoms. The number of hydrogen-bond donors (Lipinski definition) is 1. The fourth-order valence-electron chi connectivity index (χ4n) is 1.86. The zero-order chi connectivity index (χ0) is 15.6. The van der Waals surface area contributed by atoms with E-state index in [1.807, 2.05) is 0 Å². The van der Waals surface area contributed by atoms with Crippen molar-refractivity contribution < 1.29 is 28.6 Å². The molecule has 0 saturated carbocycles. The van der Waals surface area contributed by atoms with Crippen molar-refractivity contribution in [3.05, 3.63) is 11.8 Å².